The molecule has 0 spiro atoms. The van der Waals surface area contributed by atoms with Crippen molar-refractivity contribution in [1.29, 1.82) is 0 Å². The van der Waals surface area contributed by atoms with Gasteiger partial charge in [-0.2, -0.15) is 0 Å². The van der Waals surface area contributed by atoms with E-state index in [0.29, 0.717) is 11.8 Å². The van der Waals surface area contributed by atoms with Gasteiger partial charge < -0.3 is 0 Å². The van der Waals surface area contributed by atoms with E-state index in [0.717, 1.165) is 94.7 Å². The molecule has 0 heterocycles. The van der Waals surface area contributed by atoms with Crippen molar-refractivity contribution in [2.24, 2.45) is 107 Å². The molecule has 46 heavy (non-hydrogen) atoms. The molecular weight excluding hydrogens is 553 g/mol. The Labute approximate surface area is 293 Å². The molecule has 0 bridgehead atoms. The van der Waals surface area contributed by atoms with Gasteiger partial charge in [0.2, 0.25) is 0 Å². The predicted molar refractivity (Wildman–Crippen MR) is 211 cm³/mol. The summed E-state index contributed by atoms with van der Waals surface area (Å²) in [6.07, 6.45) is 10.6. The van der Waals surface area contributed by atoms with Crippen molar-refractivity contribution < 1.29 is 0 Å². The molecule has 16 unspecified atom stereocenters. The quantitative estimate of drug-likeness (QED) is 0.116. The number of rotatable bonds is 20. The van der Waals surface area contributed by atoms with Crippen molar-refractivity contribution in [3.05, 3.63) is 23.3 Å². The van der Waals surface area contributed by atoms with Crippen LogP contribution in [-0.2, 0) is 0 Å². The number of hydrogen-bond donors (Lipinski definition) is 0. The topological polar surface area (TPSA) is 0 Å². The van der Waals surface area contributed by atoms with Gasteiger partial charge in [0, 0.05) is 0 Å². The molecule has 272 valence electrons. The van der Waals surface area contributed by atoms with Crippen molar-refractivity contribution in [3.63, 3.8) is 0 Å². The SMILES string of the molecule is CCC(C)C(C)C(C)C=C(C)C(C)=CC(C)C(C)C1CC(C(C)C(C)C(C)C(C)C(C)C(C)C(C)C(C)C(C)C(C)C(C)CC)C1. The van der Waals surface area contributed by atoms with Gasteiger partial charge in [-0.1, -0.05) is 161 Å². The summed E-state index contributed by atoms with van der Waals surface area (Å²) < 4.78 is 0. The smallest absolute Gasteiger partial charge is 0.0228 e. The molecule has 0 heteroatoms. The molecule has 1 saturated carbocycles. The summed E-state index contributed by atoms with van der Waals surface area (Å²) in [5, 5.41) is 0. The second-order valence-electron chi connectivity index (χ2n) is 18.5. The van der Waals surface area contributed by atoms with Gasteiger partial charge >= 0.3 is 0 Å². The zero-order chi connectivity index (χ0) is 35.8. The van der Waals surface area contributed by atoms with E-state index >= 15 is 0 Å². The van der Waals surface area contributed by atoms with E-state index in [1.165, 1.54) is 36.8 Å². The second-order valence-corrected chi connectivity index (χ2v) is 18.5. The van der Waals surface area contributed by atoms with Gasteiger partial charge in [0.1, 0.15) is 0 Å². The minimum atomic E-state index is 0.636. The second kappa shape index (κ2) is 19.6. The number of allylic oxidation sites excluding steroid dienone is 4. The maximum atomic E-state index is 2.60. The van der Waals surface area contributed by atoms with E-state index in [1.807, 2.05) is 0 Å². The molecular formula is C46H88. The van der Waals surface area contributed by atoms with Crippen LogP contribution in [0, 0.1) is 107 Å². The lowest BCUT2D eigenvalue weighted by molar-refractivity contribution is 0.0219. The lowest BCUT2D eigenvalue weighted by Crippen LogP contribution is -2.40. The largest absolute Gasteiger partial charge is 0.0782 e. The summed E-state index contributed by atoms with van der Waals surface area (Å²) in [6, 6.07) is 0. The summed E-state index contributed by atoms with van der Waals surface area (Å²) in [6.45, 7) is 49.8. The van der Waals surface area contributed by atoms with E-state index in [1.54, 1.807) is 0 Å². The van der Waals surface area contributed by atoms with Crippen LogP contribution in [-0.4, -0.2) is 0 Å². The molecule has 0 radical (unpaired) electrons. The standard InChI is InChI=1S/C46H88/c1-21-27(3)33(9)31(7)23-29(5)30(6)24-32(8)35(11)45-25-46(26-45)44(20)43(19)42(18)41(17)40(16)39(15)38(14)37(13)36(12)34(10)28(4)22-2/h23-24,27-28,31-46H,21-22,25-26H2,1-20H3. The zero-order valence-corrected chi connectivity index (χ0v) is 35.4. The summed E-state index contributed by atoms with van der Waals surface area (Å²) >= 11 is 0. The summed E-state index contributed by atoms with van der Waals surface area (Å²) in [4.78, 5) is 0. The van der Waals surface area contributed by atoms with Gasteiger partial charge in [0.05, 0.1) is 0 Å². The van der Waals surface area contributed by atoms with Crippen LogP contribution in [0.15, 0.2) is 23.3 Å². The van der Waals surface area contributed by atoms with Crippen molar-refractivity contribution in [3.8, 4) is 0 Å². The highest BCUT2D eigenvalue weighted by molar-refractivity contribution is 5.28. The Morgan fingerprint density at radius 2 is 0.717 bits per heavy atom. The summed E-state index contributed by atoms with van der Waals surface area (Å²) in [5.74, 6) is 14.0. The van der Waals surface area contributed by atoms with Crippen LogP contribution in [0.3, 0.4) is 0 Å². The molecule has 1 aliphatic rings. The third kappa shape index (κ3) is 11.3. The predicted octanol–water partition coefficient (Wildman–Crippen LogP) is 14.9. The maximum Gasteiger partial charge on any atom is -0.0228 e. The molecule has 0 amide bonds. The van der Waals surface area contributed by atoms with Crippen molar-refractivity contribution in [2.75, 3.05) is 0 Å². The normalized spacial score (nSPS) is 28.6. The molecule has 0 aliphatic heterocycles. The van der Waals surface area contributed by atoms with Crippen LogP contribution < -0.4 is 0 Å². The fourth-order valence-corrected chi connectivity index (χ4v) is 9.39. The lowest BCUT2D eigenvalue weighted by Gasteiger charge is -2.47. The molecule has 0 aromatic carbocycles. The van der Waals surface area contributed by atoms with Crippen LogP contribution in [0.5, 0.6) is 0 Å². The average molecular weight is 641 g/mol. The highest BCUT2D eigenvalue weighted by Crippen LogP contribution is 2.50. The molecule has 1 aliphatic carbocycles. The Bertz CT molecular complexity index is 901. The molecule has 0 aromatic rings. The molecule has 0 nitrogen and oxygen atoms in total. The van der Waals surface area contributed by atoms with Crippen molar-refractivity contribution in [1.82, 2.24) is 0 Å². The summed E-state index contributed by atoms with van der Waals surface area (Å²) in [7, 11) is 0. The fraction of sp³-hybridized carbons (Fsp3) is 0.913. The van der Waals surface area contributed by atoms with Crippen molar-refractivity contribution in [2.45, 2.75) is 164 Å². The van der Waals surface area contributed by atoms with Gasteiger partial charge in [-0.3, -0.25) is 0 Å². The minimum Gasteiger partial charge on any atom is -0.0782 e. The van der Waals surface area contributed by atoms with E-state index in [2.05, 4.69) is 151 Å². The first-order valence-corrected chi connectivity index (χ1v) is 20.6. The Morgan fingerprint density at radius 1 is 0.413 bits per heavy atom. The lowest BCUT2D eigenvalue weighted by atomic mass is 9.58. The highest BCUT2D eigenvalue weighted by Gasteiger charge is 2.41. The highest BCUT2D eigenvalue weighted by atomic mass is 14.5. The Kier molecular flexibility index (Phi) is 18.5. The van der Waals surface area contributed by atoms with E-state index < -0.39 is 0 Å². The molecule has 16 atom stereocenters. The Balaban J connectivity index is 2.75. The average Bonchev–Trinajstić information content (AvgIpc) is 3.02. The first-order chi connectivity index (χ1) is 21.2. The zero-order valence-electron chi connectivity index (χ0n) is 35.4. The van der Waals surface area contributed by atoms with Crippen LogP contribution in [0.4, 0.5) is 0 Å². The summed E-state index contributed by atoms with van der Waals surface area (Å²) in [5.41, 5.74) is 2.98. The van der Waals surface area contributed by atoms with Gasteiger partial charge in [-0.05, 0) is 133 Å². The van der Waals surface area contributed by atoms with E-state index in [4.69, 9.17) is 0 Å². The van der Waals surface area contributed by atoms with Gasteiger partial charge in [-0.25, -0.2) is 0 Å². The third-order valence-corrected chi connectivity index (χ3v) is 16.6. The van der Waals surface area contributed by atoms with Crippen LogP contribution in [0.2, 0.25) is 0 Å². The molecule has 1 fully saturated rings. The first kappa shape index (κ1) is 43.5. The molecule has 0 saturated heterocycles. The van der Waals surface area contributed by atoms with E-state index in [9.17, 15) is 0 Å². The molecule has 1 rings (SSSR count). The monoisotopic (exact) mass is 641 g/mol. The van der Waals surface area contributed by atoms with Gasteiger partial charge in [-0.15, -0.1) is 0 Å². The maximum absolute atomic E-state index is 2.60. The Hall–Kier alpha value is -0.520. The van der Waals surface area contributed by atoms with E-state index in [-0.39, 0.29) is 0 Å². The van der Waals surface area contributed by atoms with Crippen LogP contribution in [0.1, 0.15) is 164 Å². The molecule has 0 aromatic heterocycles. The Morgan fingerprint density at radius 3 is 1.11 bits per heavy atom. The van der Waals surface area contributed by atoms with Gasteiger partial charge in [0.25, 0.3) is 0 Å². The fourth-order valence-electron chi connectivity index (χ4n) is 9.39. The number of hydrogen-bond acceptors (Lipinski definition) is 0. The van der Waals surface area contributed by atoms with Crippen LogP contribution in [0.25, 0.3) is 0 Å². The first-order valence-electron chi connectivity index (χ1n) is 20.6. The molecule has 0 N–H and O–H groups in total. The minimum absolute atomic E-state index is 0.636. The van der Waals surface area contributed by atoms with Crippen molar-refractivity contribution >= 4 is 0 Å². The van der Waals surface area contributed by atoms with Gasteiger partial charge in [0.15, 0.2) is 0 Å². The third-order valence-electron chi connectivity index (χ3n) is 16.6. The van der Waals surface area contributed by atoms with Crippen LogP contribution >= 0.6 is 0 Å².